The first kappa shape index (κ1) is 18.6. The lowest BCUT2D eigenvalue weighted by molar-refractivity contribution is -0.137. The number of anilines is 1. The molecule has 0 saturated heterocycles. The van der Waals surface area contributed by atoms with E-state index in [-0.39, 0.29) is 11.6 Å². The average molecular weight is 397 g/mol. The number of pyridine rings is 1. The molecule has 0 aliphatic rings. The molecule has 3 aromatic heterocycles. The molecule has 0 bridgehead atoms. The zero-order valence-corrected chi connectivity index (χ0v) is 15.1. The molecule has 9 heteroatoms. The third kappa shape index (κ3) is 3.54. The molecule has 1 amide bonds. The minimum Gasteiger partial charge on any atom is -0.296 e. The molecule has 0 aliphatic carbocycles. The van der Waals surface area contributed by atoms with E-state index in [4.69, 9.17) is 0 Å². The Morgan fingerprint density at radius 3 is 2.41 bits per heavy atom. The fourth-order valence-electron chi connectivity index (χ4n) is 2.87. The van der Waals surface area contributed by atoms with Crippen molar-refractivity contribution in [3.05, 3.63) is 78.5 Å². The van der Waals surface area contributed by atoms with E-state index in [1.54, 1.807) is 35.8 Å². The van der Waals surface area contributed by atoms with E-state index in [1.165, 1.54) is 35.6 Å². The fourth-order valence-corrected chi connectivity index (χ4v) is 2.87. The Hall–Kier alpha value is -3.75. The molecule has 4 rings (SSSR count). The first-order valence-electron chi connectivity index (χ1n) is 8.54. The molecule has 146 valence electrons. The third-order valence-corrected chi connectivity index (χ3v) is 4.42. The Morgan fingerprint density at radius 1 is 1.00 bits per heavy atom. The summed E-state index contributed by atoms with van der Waals surface area (Å²) in [6.07, 6.45) is 1.65. The largest absolute Gasteiger partial charge is 0.416 e. The second-order valence-electron chi connectivity index (χ2n) is 6.27. The van der Waals surface area contributed by atoms with Crippen LogP contribution in [0.3, 0.4) is 0 Å². The Balaban J connectivity index is 1.70. The summed E-state index contributed by atoms with van der Waals surface area (Å²) in [6.45, 7) is 0. The van der Waals surface area contributed by atoms with Crippen LogP contribution in [-0.2, 0) is 6.18 Å². The van der Waals surface area contributed by atoms with Gasteiger partial charge in [-0.1, -0.05) is 18.2 Å². The molecule has 0 unspecified atom stereocenters. The maximum atomic E-state index is 12.8. The Kier molecular flexibility index (Phi) is 4.50. The van der Waals surface area contributed by atoms with Crippen molar-refractivity contribution in [2.24, 2.45) is 0 Å². The molecule has 0 radical (unpaired) electrons. The van der Waals surface area contributed by atoms with Gasteiger partial charge in [0.1, 0.15) is 11.5 Å². The van der Waals surface area contributed by atoms with E-state index in [9.17, 15) is 18.0 Å². The highest BCUT2D eigenvalue weighted by atomic mass is 19.4. The number of rotatable bonds is 3. The van der Waals surface area contributed by atoms with Gasteiger partial charge in [-0.3, -0.25) is 14.1 Å². The van der Waals surface area contributed by atoms with E-state index in [2.05, 4.69) is 15.0 Å². The molecule has 4 aromatic rings. The van der Waals surface area contributed by atoms with Crippen molar-refractivity contribution < 1.29 is 18.0 Å². The summed E-state index contributed by atoms with van der Waals surface area (Å²) in [5, 5.41) is 0. The monoisotopic (exact) mass is 397 g/mol. The van der Waals surface area contributed by atoms with Crippen LogP contribution in [0, 0.1) is 0 Å². The number of halogens is 3. The van der Waals surface area contributed by atoms with Gasteiger partial charge >= 0.3 is 6.18 Å². The van der Waals surface area contributed by atoms with Gasteiger partial charge in [0.05, 0.1) is 23.7 Å². The Labute approximate surface area is 163 Å². The SMILES string of the molecule is CN(C(=O)c1cn2c(-c3ccc(C(F)(F)F)cc3)cnc2cn1)c1ccccn1. The topological polar surface area (TPSA) is 63.4 Å². The lowest BCUT2D eigenvalue weighted by Crippen LogP contribution is -2.28. The number of aromatic nitrogens is 4. The minimum atomic E-state index is -4.41. The van der Waals surface area contributed by atoms with E-state index in [1.807, 2.05) is 0 Å². The summed E-state index contributed by atoms with van der Waals surface area (Å²) < 4.78 is 40.0. The second-order valence-corrected chi connectivity index (χ2v) is 6.27. The summed E-state index contributed by atoms with van der Waals surface area (Å²) in [5.41, 5.74) is 0.970. The molecule has 0 fully saturated rings. The standard InChI is InChI=1S/C20H14F3N5O/c1-27(17-4-2-3-9-24-17)19(29)15-12-28-16(10-26-18(28)11-25-15)13-5-7-14(8-6-13)20(21,22)23/h2-12H,1H3. The van der Waals surface area contributed by atoms with Crippen LogP contribution in [0.5, 0.6) is 0 Å². The minimum absolute atomic E-state index is 0.150. The highest BCUT2D eigenvalue weighted by molar-refractivity contribution is 6.03. The van der Waals surface area contributed by atoms with Crippen molar-refractivity contribution in [1.82, 2.24) is 19.4 Å². The zero-order chi connectivity index (χ0) is 20.6. The van der Waals surface area contributed by atoms with Crippen LogP contribution in [-0.4, -0.2) is 32.3 Å². The van der Waals surface area contributed by atoms with Gasteiger partial charge in [-0.05, 0) is 24.3 Å². The average Bonchev–Trinajstić information content (AvgIpc) is 3.16. The van der Waals surface area contributed by atoms with Crippen molar-refractivity contribution in [3.8, 4) is 11.3 Å². The highest BCUT2D eigenvalue weighted by Gasteiger charge is 2.30. The summed E-state index contributed by atoms with van der Waals surface area (Å²) in [7, 11) is 1.58. The van der Waals surface area contributed by atoms with Crippen molar-refractivity contribution in [3.63, 3.8) is 0 Å². The van der Waals surface area contributed by atoms with Crippen molar-refractivity contribution in [2.45, 2.75) is 6.18 Å². The van der Waals surface area contributed by atoms with E-state index in [0.717, 1.165) is 12.1 Å². The first-order chi connectivity index (χ1) is 13.8. The number of benzene rings is 1. The number of fused-ring (bicyclic) bond motifs is 1. The second kappa shape index (κ2) is 7.01. The number of hydrogen-bond donors (Lipinski definition) is 0. The Morgan fingerprint density at radius 2 is 1.76 bits per heavy atom. The molecular formula is C20H14F3N5O. The van der Waals surface area contributed by atoms with E-state index in [0.29, 0.717) is 22.7 Å². The fraction of sp³-hybridized carbons (Fsp3) is 0.100. The number of alkyl halides is 3. The van der Waals surface area contributed by atoms with Crippen molar-refractivity contribution in [2.75, 3.05) is 11.9 Å². The number of imidazole rings is 1. The molecule has 0 saturated carbocycles. The number of nitrogens with zero attached hydrogens (tertiary/aromatic N) is 5. The predicted molar refractivity (Wildman–Crippen MR) is 100 cm³/mol. The molecule has 0 spiro atoms. The number of amides is 1. The predicted octanol–water partition coefficient (Wildman–Crippen LogP) is 4.09. The molecule has 6 nitrogen and oxygen atoms in total. The maximum absolute atomic E-state index is 12.8. The van der Waals surface area contributed by atoms with Crippen LogP contribution in [0.15, 0.2) is 67.3 Å². The van der Waals surface area contributed by atoms with Gasteiger partial charge in [-0.15, -0.1) is 0 Å². The van der Waals surface area contributed by atoms with Crippen LogP contribution in [0.4, 0.5) is 19.0 Å². The van der Waals surface area contributed by atoms with Crippen LogP contribution in [0.1, 0.15) is 16.1 Å². The summed E-state index contributed by atoms with van der Waals surface area (Å²) in [4.78, 5) is 26.6. The van der Waals surface area contributed by atoms with Gasteiger partial charge in [-0.2, -0.15) is 13.2 Å². The van der Waals surface area contributed by atoms with Gasteiger partial charge in [0.15, 0.2) is 5.65 Å². The van der Waals surface area contributed by atoms with Gasteiger partial charge < -0.3 is 0 Å². The highest BCUT2D eigenvalue weighted by Crippen LogP contribution is 2.31. The molecule has 0 N–H and O–H groups in total. The number of carbonyl (C=O) groups excluding carboxylic acids is 1. The lowest BCUT2D eigenvalue weighted by Gasteiger charge is -2.15. The molecule has 0 atom stereocenters. The Bertz CT molecular complexity index is 1170. The summed E-state index contributed by atoms with van der Waals surface area (Å²) in [6, 6.07) is 9.96. The zero-order valence-electron chi connectivity index (χ0n) is 15.1. The van der Waals surface area contributed by atoms with Crippen LogP contribution in [0.25, 0.3) is 16.9 Å². The quantitative estimate of drug-likeness (QED) is 0.523. The van der Waals surface area contributed by atoms with Crippen molar-refractivity contribution in [1.29, 1.82) is 0 Å². The molecular weight excluding hydrogens is 383 g/mol. The molecule has 1 aromatic carbocycles. The van der Waals surface area contributed by atoms with Crippen LogP contribution >= 0.6 is 0 Å². The van der Waals surface area contributed by atoms with E-state index >= 15 is 0 Å². The lowest BCUT2D eigenvalue weighted by atomic mass is 10.1. The number of hydrogen-bond acceptors (Lipinski definition) is 4. The molecule has 3 heterocycles. The molecule has 29 heavy (non-hydrogen) atoms. The van der Waals surface area contributed by atoms with Gasteiger partial charge in [0.2, 0.25) is 0 Å². The third-order valence-electron chi connectivity index (χ3n) is 4.42. The van der Waals surface area contributed by atoms with Gasteiger partial charge in [0.25, 0.3) is 5.91 Å². The van der Waals surface area contributed by atoms with E-state index < -0.39 is 11.7 Å². The smallest absolute Gasteiger partial charge is 0.296 e. The summed E-state index contributed by atoms with van der Waals surface area (Å²) >= 11 is 0. The molecule has 0 aliphatic heterocycles. The van der Waals surface area contributed by atoms with Gasteiger partial charge in [0, 0.05) is 25.0 Å². The summed E-state index contributed by atoms with van der Waals surface area (Å²) in [5.74, 6) is 0.0886. The maximum Gasteiger partial charge on any atom is 0.416 e. The first-order valence-corrected chi connectivity index (χ1v) is 8.54. The normalized spacial score (nSPS) is 11.6. The van der Waals surface area contributed by atoms with Crippen LogP contribution < -0.4 is 4.90 Å². The van der Waals surface area contributed by atoms with Gasteiger partial charge in [-0.25, -0.2) is 15.0 Å². The number of carbonyl (C=O) groups is 1. The van der Waals surface area contributed by atoms with Crippen molar-refractivity contribution >= 4 is 17.4 Å². The van der Waals surface area contributed by atoms with Crippen LogP contribution in [0.2, 0.25) is 0 Å².